The van der Waals surface area contributed by atoms with Crippen LogP contribution in [0.3, 0.4) is 0 Å². The molecule has 0 bridgehead atoms. The molecule has 2 aromatic rings. The zero-order chi connectivity index (χ0) is 16.2. The lowest BCUT2D eigenvalue weighted by Gasteiger charge is -2.29. The standard InChI is InChI=1S/C22H21N/c1-17(21-10-6-4-7-11-21)14-20-15-18(2)23(19(3)16-20)22-12-8-5-9-13-22/h4-16H,1H2,2-3H3. The molecule has 1 heterocycles. The summed E-state index contributed by atoms with van der Waals surface area (Å²) in [4.78, 5) is 2.27. The maximum absolute atomic E-state index is 4.20. The Morgan fingerprint density at radius 3 is 1.91 bits per heavy atom. The van der Waals surface area contributed by atoms with Crippen molar-refractivity contribution in [2.45, 2.75) is 13.8 Å². The summed E-state index contributed by atoms with van der Waals surface area (Å²) < 4.78 is 0. The summed E-state index contributed by atoms with van der Waals surface area (Å²) in [5, 5.41) is 0. The molecule has 1 aliphatic heterocycles. The molecule has 0 radical (unpaired) electrons. The molecule has 0 aromatic heterocycles. The first-order valence-electron chi connectivity index (χ1n) is 7.83. The van der Waals surface area contributed by atoms with Gasteiger partial charge < -0.3 is 4.90 Å². The van der Waals surface area contributed by atoms with E-state index in [4.69, 9.17) is 0 Å². The second-order valence-electron chi connectivity index (χ2n) is 5.78. The quantitative estimate of drug-likeness (QED) is 0.676. The van der Waals surface area contributed by atoms with E-state index in [-0.39, 0.29) is 0 Å². The van der Waals surface area contributed by atoms with Crippen molar-refractivity contribution < 1.29 is 0 Å². The third kappa shape index (κ3) is 3.35. The van der Waals surface area contributed by atoms with Crippen LogP contribution >= 0.6 is 0 Å². The molecule has 114 valence electrons. The Labute approximate surface area is 138 Å². The van der Waals surface area contributed by atoms with E-state index in [1.165, 1.54) is 22.7 Å². The van der Waals surface area contributed by atoms with Crippen molar-refractivity contribution in [3.05, 3.63) is 108 Å². The number of allylic oxidation sites excluding steroid dienone is 7. The van der Waals surface area contributed by atoms with Gasteiger partial charge in [0.15, 0.2) is 0 Å². The van der Waals surface area contributed by atoms with Gasteiger partial charge in [-0.15, -0.1) is 0 Å². The molecule has 0 saturated heterocycles. The average molecular weight is 299 g/mol. The third-order valence-corrected chi connectivity index (χ3v) is 3.96. The van der Waals surface area contributed by atoms with Gasteiger partial charge >= 0.3 is 0 Å². The van der Waals surface area contributed by atoms with Crippen LogP contribution in [0.4, 0.5) is 5.69 Å². The van der Waals surface area contributed by atoms with Gasteiger partial charge in [-0.05, 0) is 60.9 Å². The van der Waals surface area contributed by atoms with Crippen LogP contribution in [0.1, 0.15) is 19.4 Å². The Hall–Kier alpha value is -2.80. The van der Waals surface area contributed by atoms with Crippen LogP contribution in [0.5, 0.6) is 0 Å². The van der Waals surface area contributed by atoms with Crippen molar-refractivity contribution in [1.29, 1.82) is 0 Å². The zero-order valence-electron chi connectivity index (χ0n) is 13.7. The molecule has 0 N–H and O–H groups in total. The lowest BCUT2D eigenvalue weighted by molar-refractivity contribution is 1.04. The predicted octanol–water partition coefficient (Wildman–Crippen LogP) is 5.95. The van der Waals surface area contributed by atoms with Crippen LogP contribution in [-0.2, 0) is 0 Å². The largest absolute Gasteiger partial charge is 0.318 e. The molecule has 0 spiro atoms. The Morgan fingerprint density at radius 1 is 0.826 bits per heavy atom. The maximum atomic E-state index is 4.20. The second-order valence-corrected chi connectivity index (χ2v) is 5.78. The number of anilines is 1. The summed E-state index contributed by atoms with van der Waals surface area (Å²) in [6.45, 7) is 8.48. The normalized spacial score (nSPS) is 14.2. The minimum atomic E-state index is 1.03. The lowest BCUT2D eigenvalue weighted by Crippen LogP contribution is -2.21. The highest BCUT2D eigenvalue weighted by Gasteiger charge is 2.15. The van der Waals surface area contributed by atoms with Gasteiger partial charge in [0, 0.05) is 17.1 Å². The highest BCUT2D eigenvalue weighted by atomic mass is 15.1. The number of rotatable bonds is 3. The summed E-state index contributed by atoms with van der Waals surface area (Å²) in [5.74, 6) is 0. The number of hydrogen-bond donors (Lipinski definition) is 0. The number of nitrogens with zero attached hydrogens (tertiary/aromatic N) is 1. The average Bonchev–Trinajstić information content (AvgIpc) is 2.56. The zero-order valence-corrected chi connectivity index (χ0v) is 13.7. The minimum absolute atomic E-state index is 1.03. The van der Waals surface area contributed by atoms with Crippen molar-refractivity contribution >= 4 is 11.3 Å². The van der Waals surface area contributed by atoms with Crippen LogP contribution < -0.4 is 4.90 Å². The van der Waals surface area contributed by atoms with Gasteiger partial charge in [-0.1, -0.05) is 55.1 Å². The molecule has 0 saturated carbocycles. The Balaban J connectivity index is 1.89. The summed E-state index contributed by atoms with van der Waals surface area (Å²) in [5.41, 5.74) is 6.98. The van der Waals surface area contributed by atoms with Gasteiger partial charge in [0.1, 0.15) is 0 Å². The molecule has 1 heteroatoms. The molecule has 0 aliphatic carbocycles. The second kappa shape index (κ2) is 6.53. The Kier molecular flexibility index (Phi) is 4.29. The fraction of sp³-hybridized carbons (Fsp3) is 0.0909. The van der Waals surface area contributed by atoms with E-state index in [1.807, 2.05) is 24.3 Å². The van der Waals surface area contributed by atoms with E-state index in [0.29, 0.717) is 0 Å². The molecule has 23 heavy (non-hydrogen) atoms. The van der Waals surface area contributed by atoms with Gasteiger partial charge in [-0.3, -0.25) is 0 Å². The first-order valence-corrected chi connectivity index (χ1v) is 7.83. The van der Waals surface area contributed by atoms with Crippen LogP contribution in [-0.4, -0.2) is 0 Å². The Morgan fingerprint density at radius 2 is 1.35 bits per heavy atom. The van der Waals surface area contributed by atoms with Crippen molar-refractivity contribution in [2.24, 2.45) is 0 Å². The van der Waals surface area contributed by atoms with E-state index < -0.39 is 0 Å². The van der Waals surface area contributed by atoms with Crippen LogP contribution in [0.15, 0.2) is 102 Å². The fourth-order valence-electron chi connectivity index (χ4n) is 2.94. The van der Waals surface area contributed by atoms with Crippen molar-refractivity contribution in [3.8, 4) is 0 Å². The lowest BCUT2D eigenvalue weighted by atomic mass is 10.0. The van der Waals surface area contributed by atoms with Gasteiger partial charge in [0.05, 0.1) is 0 Å². The van der Waals surface area contributed by atoms with E-state index in [1.54, 1.807) is 0 Å². The van der Waals surface area contributed by atoms with Crippen molar-refractivity contribution in [1.82, 2.24) is 0 Å². The molecular weight excluding hydrogens is 278 g/mol. The summed E-state index contributed by atoms with van der Waals surface area (Å²) in [7, 11) is 0. The fourth-order valence-corrected chi connectivity index (χ4v) is 2.94. The Bertz CT molecular complexity index is 770. The van der Waals surface area contributed by atoms with E-state index in [0.717, 1.165) is 11.1 Å². The molecule has 0 unspecified atom stereocenters. The minimum Gasteiger partial charge on any atom is -0.318 e. The molecule has 0 amide bonds. The number of para-hydroxylation sites is 1. The summed E-state index contributed by atoms with van der Waals surface area (Å²) >= 11 is 0. The smallest absolute Gasteiger partial charge is 0.0454 e. The van der Waals surface area contributed by atoms with E-state index in [2.05, 4.69) is 80.0 Å². The van der Waals surface area contributed by atoms with E-state index in [9.17, 15) is 0 Å². The summed E-state index contributed by atoms with van der Waals surface area (Å²) in [6, 6.07) is 20.7. The van der Waals surface area contributed by atoms with Crippen LogP contribution in [0.2, 0.25) is 0 Å². The molecule has 2 aromatic carbocycles. The van der Waals surface area contributed by atoms with Gasteiger partial charge in [-0.25, -0.2) is 0 Å². The summed E-state index contributed by atoms with van der Waals surface area (Å²) in [6.07, 6.45) is 6.55. The molecule has 0 fully saturated rings. The van der Waals surface area contributed by atoms with Crippen molar-refractivity contribution in [2.75, 3.05) is 4.90 Å². The highest BCUT2D eigenvalue weighted by molar-refractivity contribution is 5.75. The van der Waals surface area contributed by atoms with Gasteiger partial charge in [0.25, 0.3) is 0 Å². The van der Waals surface area contributed by atoms with Gasteiger partial charge in [-0.2, -0.15) is 0 Å². The maximum Gasteiger partial charge on any atom is 0.0454 e. The first kappa shape index (κ1) is 15.1. The van der Waals surface area contributed by atoms with Crippen LogP contribution in [0, 0.1) is 0 Å². The number of benzene rings is 2. The molecule has 1 aliphatic rings. The monoisotopic (exact) mass is 299 g/mol. The van der Waals surface area contributed by atoms with Crippen molar-refractivity contribution in [3.63, 3.8) is 0 Å². The SMILES string of the molecule is C=C(C=C1C=C(C)N(c2ccccc2)C(C)=C1)c1ccccc1. The number of hydrogen-bond acceptors (Lipinski definition) is 1. The molecule has 1 nitrogen and oxygen atoms in total. The molecule has 3 rings (SSSR count). The molecular formula is C22H21N. The third-order valence-electron chi connectivity index (χ3n) is 3.96. The van der Waals surface area contributed by atoms with E-state index >= 15 is 0 Å². The van der Waals surface area contributed by atoms with Crippen LogP contribution in [0.25, 0.3) is 5.57 Å². The predicted molar refractivity (Wildman–Crippen MR) is 100.0 cm³/mol. The highest BCUT2D eigenvalue weighted by Crippen LogP contribution is 2.30. The first-order chi connectivity index (χ1) is 11.1. The van der Waals surface area contributed by atoms with Gasteiger partial charge in [0.2, 0.25) is 0 Å². The molecule has 0 atom stereocenters. The topological polar surface area (TPSA) is 3.24 Å².